The van der Waals surface area contributed by atoms with Crippen molar-refractivity contribution in [3.05, 3.63) is 45.2 Å². The highest BCUT2D eigenvalue weighted by atomic mass is 32.1. The number of nitrogens with one attached hydrogen (secondary N) is 1. The van der Waals surface area contributed by atoms with Gasteiger partial charge in [-0.2, -0.15) is 0 Å². The number of aromatic nitrogens is 1. The van der Waals surface area contributed by atoms with E-state index in [4.69, 9.17) is 4.74 Å². The smallest absolute Gasteiger partial charge is 0.339 e. The molecule has 0 spiro atoms. The summed E-state index contributed by atoms with van der Waals surface area (Å²) in [6.07, 6.45) is 0. The molecule has 0 saturated heterocycles. The van der Waals surface area contributed by atoms with E-state index in [2.05, 4.69) is 10.3 Å². The molecule has 0 radical (unpaired) electrons. The number of nitrogens with zero attached hydrogens (tertiary/aromatic N) is 1. The first-order valence-corrected chi connectivity index (χ1v) is 7.32. The van der Waals surface area contributed by atoms with Gasteiger partial charge in [0.1, 0.15) is 5.82 Å². The predicted molar refractivity (Wildman–Crippen MR) is 81.4 cm³/mol. The Balaban J connectivity index is 2.32. The maximum atomic E-state index is 13.4. The fraction of sp³-hybridized carbons (Fsp3) is 0.333. The van der Waals surface area contributed by atoms with Crippen LogP contribution in [0.3, 0.4) is 0 Å². The van der Waals surface area contributed by atoms with Crippen molar-refractivity contribution in [3.8, 4) is 0 Å². The summed E-state index contributed by atoms with van der Waals surface area (Å²) in [5, 5.41) is 4.12. The van der Waals surface area contributed by atoms with E-state index < -0.39 is 11.8 Å². The van der Waals surface area contributed by atoms with Gasteiger partial charge in [-0.3, -0.25) is 0 Å². The number of benzene rings is 1. The molecule has 1 heterocycles. The van der Waals surface area contributed by atoms with Crippen LogP contribution in [0.25, 0.3) is 0 Å². The van der Waals surface area contributed by atoms with E-state index in [0.717, 1.165) is 15.6 Å². The molecule has 0 saturated carbocycles. The van der Waals surface area contributed by atoms with Crippen molar-refractivity contribution in [2.45, 2.75) is 26.8 Å². The highest BCUT2D eigenvalue weighted by Gasteiger charge is 2.18. The molecular formula is C15H17FN2O2S. The van der Waals surface area contributed by atoms with Crippen LogP contribution in [0.5, 0.6) is 0 Å². The summed E-state index contributed by atoms with van der Waals surface area (Å²) in [4.78, 5) is 17.3. The Morgan fingerprint density at radius 2 is 2.14 bits per heavy atom. The predicted octanol–water partition coefficient (Wildman–Crippen LogP) is 3.86. The molecule has 1 N–H and O–H groups in total. The van der Waals surface area contributed by atoms with Crippen molar-refractivity contribution in [1.29, 1.82) is 0 Å². The van der Waals surface area contributed by atoms with Crippen molar-refractivity contribution in [2.75, 3.05) is 12.4 Å². The molecule has 21 heavy (non-hydrogen) atoms. The van der Waals surface area contributed by atoms with Crippen LogP contribution in [0.4, 0.5) is 10.1 Å². The number of methoxy groups -OCH3 is 1. The summed E-state index contributed by atoms with van der Waals surface area (Å²) in [6, 6.07) is 3.80. The first-order chi connectivity index (χ1) is 9.92. The number of carbonyl (C=O) groups excluding carboxylic acids is 1. The van der Waals surface area contributed by atoms with Gasteiger partial charge in [0.15, 0.2) is 0 Å². The Labute approximate surface area is 127 Å². The number of rotatable bonds is 4. The molecule has 112 valence electrons. The van der Waals surface area contributed by atoms with E-state index in [-0.39, 0.29) is 6.04 Å². The number of thiazole rings is 1. The van der Waals surface area contributed by atoms with Gasteiger partial charge in [0, 0.05) is 4.88 Å². The fourth-order valence-electron chi connectivity index (χ4n) is 2.17. The largest absolute Gasteiger partial charge is 0.465 e. The zero-order valence-corrected chi connectivity index (χ0v) is 13.2. The molecule has 0 bridgehead atoms. The van der Waals surface area contributed by atoms with Gasteiger partial charge >= 0.3 is 5.97 Å². The lowest BCUT2D eigenvalue weighted by molar-refractivity contribution is 0.0601. The van der Waals surface area contributed by atoms with E-state index in [1.165, 1.54) is 25.3 Å². The molecule has 0 aliphatic rings. The number of carbonyl (C=O) groups is 1. The van der Waals surface area contributed by atoms with Crippen molar-refractivity contribution in [3.63, 3.8) is 0 Å². The zero-order valence-electron chi connectivity index (χ0n) is 12.4. The summed E-state index contributed by atoms with van der Waals surface area (Å²) in [6.45, 7) is 5.86. The van der Waals surface area contributed by atoms with E-state index in [1.54, 1.807) is 11.3 Å². The quantitative estimate of drug-likeness (QED) is 0.871. The summed E-state index contributed by atoms with van der Waals surface area (Å²) in [5.41, 5.74) is 1.60. The maximum absolute atomic E-state index is 13.4. The minimum atomic E-state index is -0.504. The Morgan fingerprint density at radius 1 is 1.43 bits per heavy atom. The molecular weight excluding hydrogens is 291 g/mol. The molecule has 0 aliphatic heterocycles. The van der Waals surface area contributed by atoms with Gasteiger partial charge in [-0.1, -0.05) is 0 Å². The highest BCUT2D eigenvalue weighted by molar-refractivity contribution is 7.11. The van der Waals surface area contributed by atoms with Crippen LogP contribution in [-0.2, 0) is 4.74 Å². The van der Waals surface area contributed by atoms with Crippen LogP contribution in [0.1, 0.15) is 38.9 Å². The fourth-order valence-corrected chi connectivity index (χ4v) is 3.09. The second-order valence-electron chi connectivity index (χ2n) is 4.72. The number of hydrogen-bond donors (Lipinski definition) is 1. The van der Waals surface area contributed by atoms with Gasteiger partial charge < -0.3 is 10.1 Å². The molecule has 1 unspecified atom stereocenters. The number of anilines is 1. The van der Waals surface area contributed by atoms with Gasteiger partial charge in [0.05, 0.1) is 35.1 Å². The third-order valence-corrected chi connectivity index (χ3v) is 4.01. The standard InChI is InChI=1S/C15H17FN2O2S/c1-8(14-9(2)21-10(3)18-14)17-13-7-11(16)5-6-12(13)15(19)20-4/h5-8,17H,1-4H3. The summed E-state index contributed by atoms with van der Waals surface area (Å²) in [7, 11) is 1.30. The normalized spacial score (nSPS) is 12.0. The van der Waals surface area contributed by atoms with Crippen molar-refractivity contribution in [1.82, 2.24) is 4.98 Å². The van der Waals surface area contributed by atoms with Crippen LogP contribution in [0.15, 0.2) is 18.2 Å². The summed E-state index contributed by atoms with van der Waals surface area (Å²) < 4.78 is 18.2. The SMILES string of the molecule is COC(=O)c1ccc(F)cc1NC(C)c1nc(C)sc1C. The van der Waals surface area contributed by atoms with Crippen molar-refractivity contribution in [2.24, 2.45) is 0 Å². The number of halogens is 1. The Morgan fingerprint density at radius 3 is 2.71 bits per heavy atom. The van der Waals surface area contributed by atoms with Crippen molar-refractivity contribution < 1.29 is 13.9 Å². The van der Waals surface area contributed by atoms with E-state index in [9.17, 15) is 9.18 Å². The third kappa shape index (κ3) is 3.39. The monoisotopic (exact) mass is 308 g/mol. The molecule has 1 atom stereocenters. The van der Waals surface area contributed by atoms with Gasteiger partial charge in [0.2, 0.25) is 0 Å². The van der Waals surface area contributed by atoms with Crippen LogP contribution in [0, 0.1) is 19.7 Å². The van der Waals surface area contributed by atoms with Crippen LogP contribution in [-0.4, -0.2) is 18.1 Å². The number of hydrogen-bond acceptors (Lipinski definition) is 5. The van der Waals surface area contributed by atoms with E-state index in [1.807, 2.05) is 20.8 Å². The lowest BCUT2D eigenvalue weighted by Gasteiger charge is -2.16. The van der Waals surface area contributed by atoms with Crippen LogP contribution >= 0.6 is 11.3 Å². The first kappa shape index (κ1) is 15.4. The number of ether oxygens (including phenoxy) is 1. The molecule has 4 nitrogen and oxygen atoms in total. The highest BCUT2D eigenvalue weighted by Crippen LogP contribution is 2.27. The van der Waals surface area contributed by atoms with Gasteiger partial charge in [0.25, 0.3) is 0 Å². The van der Waals surface area contributed by atoms with Crippen LogP contribution < -0.4 is 5.32 Å². The number of aryl methyl sites for hydroxylation is 2. The lowest BCUT2D eigenvalue weighted by atomic mass is 10.1. The van der Waals surface area contributed by atoms with Gasteiger partial charge in [-0.15, -0.1) is 11.3 Å². The summed E-state index contributed by atoms with van der Waals surface area (Å²) in [5.74, 6) is -0.917. The minimum Gasteiger partial charge on any atom is -0.465 e. The van der Waals surface area contributed by atoms with Gasteiger partial charge in [-0.05, 0) is 39.0 Å². The molecule has 2 aromatic rings. The zero-order chi connectivity index (χ0) is 15.6. The molecule has 6 heteroatoms. The third-order valence-electron chi connectivity index (χ3n) is 3.11. The molecule has 0 amide bonds. The lowest BCUT2D eigenvalue weighted by Crippen LogP contribution is -2.13. The molecule has 0 fully saturated rings. The average Bonchev–Trinajstić information content (AvgIpc) is 2.77. The van der Waals surface area contributed by atoms with E-state index >= 15 is 0 Å². The summed E-state index contributed by atoms with van der Waals surface area (Å²) >= 11 is 1.61. The number of esters is 1. The first-order valence-electron chi connectivity index (χ1n) is 6.50. The molecule has 1 aromatic heterocycles. The van der Waals surface area contributed by atoms with E-state index in [0.29, 0.717) is 11.3 Å². The second kappa shape index (κ2) is 6.22. The average molecular weight is 308 g/mol. The topological polar surface area (TPSA) is 51.2 Å². The molecule has 2 rings (SSSR count). The van der Waals surface area contributed by atoms with Crippen molar-refractivity contribution >= 4 is 23.0 Å². The minimum absolute atomic E-state index is 0.139. The Bertz CT molecular complexity index is 670. The second-order valence-corrected chi connectivity index (χ2v) is 6.13. The van der Waals surface area contributed by atoms with Gasteiger partial charge in [-0.25, -0.2) is 14.2 Å². The Kier molecular flexibility index (Phi) is 4.57. The van der Waals surface area contributed by atoms with Crippen LogP contribution in [0.2, 0.25) is 0 Å². The maximum Gasteiger partial charge on any atom is 0.339 e. The Hall–Kier alpha value is -1.95. The molecule has 0 aliphatic carbocycles. The molecule has 1 aromatic carbocycles.